The third-order valence-corrected chi connectivity index (χ3v) is 6.14. The fourth-order valence-electron chi connectivity index (χ4n) is 3.69. The summed E-state index contributed by atoms with van der Waals surface area (Å²) in [5, 5.41) is 4.65. The van der Waals surface area contributed by atoms with Gasteiger partial charge in [-0.1, -0.05) is 18.2 Å². The van der Waals surface area contributed by atoms with Gasteiger partial charge in [0.1, 0.15) is 5.00 Å². The molecule has 0 spiro atoms. The normalized spacial score (nSPS) is 13.4. The number of H-pyrrole nitrogens is 1. The second kappa shape index (κ2) is 7.56. The number of aryl methyl sites for hydroxylation is 1. The molecule has 1 aliphatic rings. The molecule has 1 aromatic carbocycles. The van der Waals surface area contributed by atoms with Gasteiger partial charge in [-0.05, 0) is 49.8 Å². The molecule has 2 heterocycles. The number of nitrogens with one attached hydrogen (secondary N) is 2. The smallest absolute Gasteiger partial charge is 0.341 e. The van der Waals surface area contributed by atoms with E-state index in [9.17, 15) is 9.59 Å². The first kappa shape index (κ1) is 17.8. The molecule has 3 aromatic rings. The summed E-state index contributed by atoms with van der Waals surface area (Å²) in [5.74, 6) is -0.455. The van der Waals surface area contributed by atoms with Gasteiger partial charge in [0.05, 0.1) is 18.6 Å². The monoisotopic (exact) mass is 382 g/mol. The molecule has 140 valence electrons. The number of hydrogen-bond donors (Lipinski definition) is 2. The largest absolute Gasteiger partial charge is 0.462 e. The minimum absolute atomic E-state index is 0.121. The van der Waals surface area contributed by atoms with Gasteiger partial charge < -0.3 is 15.0 Å². The van der Waals surface area contributed by atoms with E-state index in [0.29, 0.717) is 17.2 Å². The summed E-state index contributed by atoms with van der Waals surface area (Å²) in [6, 6.07) is 7.92. The van der Waals surface area contributed by atoms with Crippen molar-refractivity contribution in [1.29, 1.82) is 0 Å². The van der Waals surface area contributed by atoms with Crippen LogP contribution in [0.2, 0.25) is 0 Å². The van der Waals surface area contributed by atoms with E-state index in [4.69, 9.17) is 4.74 Å². The number of aromatic amines is 1. The quantitative estimate of drug-likeness (QED) is 0.640. The molecule has 0 fully saturated rings. The number of benzene rings is 1. The van der Waals surface area contributed by atoms with E-state index in [1.54, 1.807) is 6.92 Å². The van der Waals surface area contributed by atoms with Crippen LogP contribution in [0, 0.1) is 0 Å². The summed E-state index contributed by atoms with van der Waals surface area (Å²) in [4.78, 5) is 29.6. The van der Waals surface area contributed by atoms with Crippen LogP contribution in [0.3, 0.4) is 0 Å². The van der Waals surface area contributed by atoms with Crippen LogP contribution in [0.15, 0.2) is 30.5 Å². The molecule has 0 aliphatic heterocycles. The molecule has 2 N–H and O–H groups in total. The number of carbonyl (C=O) groups excluding carboxylic acids is 2. The van der Waals surface area contributed by atoms with E-state index in [1.165, 1.54) is 16.2 Å². The molecule has 0 bridgehead atoms. The average Bonchev–Trinajstić information content (AvgIpc) is 3.23. The lowest BCUT2D eigenvalue weighted by Crippen LogP contribution is -2.17. The third-order valence-electron chi connectivity index (χ3n) is 4.93. The summed E-state index contributed by atoms with van der Waals surface area (Å²) in [6.45, 7) is 2.12. The number of thiophene rings is 1. The summed E-state index contributed by atoms with van der Waals surface area (Å²) in [5.41, 5.74) is 3.58. The van der Waals surface area contributed by atoms with Crippen molar-refractivity contribution in [2.75, 3.05) is 11.9 Å². The Hall–Kier alpha value is -2.60. The number of anilines is 1. The van der Waals surface area contributed by atoms with Crippen LogP contribution in [-0.4, -0.2) is 23.5 Å². The Morgan fingerprint density at radius 3 is 2.89 bits per heavy atom. The van der Waals surface area contributed by atoms with Gasteiger partial charge in [0.15, 0.2) is 0 Å². The SMILES string of the molecule is CCOC(=O)c1c(NC(=O)Cc2c[nH]c3ccccc23)sc2c1CCCC2. The van der Waals surface area contributed by atoms with Crippen molar-refractivity contribution >= 4 is 39.1 Å². The fraction of sp³-hybridized carbons (Fsp3) is 0.333. The maximum Gasteiger partial charge on any atom is 0.341 e. The number of rotatable bonds is 5. The minimum atomic E-state index is -0.334. The number of carbonyl (C=O) groups is 2. The Morgan fingerprint density at radius 2 is 2.04 bits per heavy atom. The highest BCUT2D eigenvalue weighted by Gasteiger charge is 2.27. The molecule has 0 unspecified atom stereocenters. The van der Waals surface area contributed by atoms with Crippen molar-refractivity contribution in [3.8, 4) is 0 Å². The Bertz CT molecular complexity index is 1000. The zero-order valence-corrected chi connectivity index (χ0v) is 16.1. The molecule has 0 saturated carbocycles. The number of esters is 1. The molecular formula is C21H22N2O3S. The van der Waals surface area contributed by atoms with Gasteiger partial charge in [-0.2, -0.15) is 0 Å². The summed E-state index contributed by atoms with van der Waals surface area (Å²) >= 11 is 1.52. The fourth-order valence-corrected chi connectivity index (χ4v) is 4.99. The van der Waals surface area contributed by atoms with Gasteiger partial charge in [0.2, 0.25) is 5.91 Å². The summed E-state index contributed by atoms with van der Waals surface area (Å²) in [7, 11) is 0. The second-order valence-electron chi connectivity index (χ2n) is 6.72. The molecule has 1 aliphatic carbocycles. The zero-order chi connectivity index (χ0) is 18.8. The maximum absolute atomic E-state index is 12.7. The molecular weight excluding hydrogens is 360 g/mol. The van der Waals surface area contributed by atoms with Crippen molar-refractivity contribution in [3.05, 3.63) is 52.0 Å². The van der Waals surface area contributed by atoms with Gasteiger partial charge in [0, 0.05) is 22.0 Å². The lowest BCUT2D eigenvalue weighted by Gasteiger charge is -2.12. The second-order valence-corrected chi connectivity index (χ2v) is 7.83. The van der Waals surface area contributed by atoms with E-state index in [0.717, 1.165) is 47.7 Å². The van der Waals surface area contributed by atoms with Crippen LogP contribution in [-0.2, 0) is 28.8 Å². The predicted molar refractivity (Wildman–Crippen MR) is 108 cm³/mol. The summed E-state index contributed by atoms with van der Waals surface area (Å²) < 4.78 is 5.25. The number of aromatic nitrogens is 1. The Labute approximate surface area is 161 Å². The van der Waals surface area contributed by atoms with E-state index in [-0.39, 0.29) is 18.3 Å². The highest BCUT2D eigenvalue weighted by Crippen LogP contribution is 2.38. The molecule has 5 nitrogen and oxygen atoms in total. The van der Waals surface area contributed by atoms with Crippen molar-refractivity contribution < 1.29 is 14.3 Å². The number of fused-ring (bicyclic) bond motifs is 2. The number of ether oxygens (including phenoxy) is 1. The van der Waals surface area contributed by atoms with Gasteiger partial charge >= 0.3 is 5.97 Å². The number of hydrogen-bond acceptors (Lipinski definition) is 4. The molecule has 6 heteroatoms. The third kappa shape index (κ3) is 3.49. The molecule has 0 radical (unpaired) electrons. The minimum Gasteiger partial charge on any atom is -0.462 e. The van der Waals surface area contributed by atoms with Crippen molar-refractivity contribution in [1.82, 2.24) is 4.98 Å². The van der Waals surface area contributed by atoms with Crippen LogP contribution in [0.5, 0.6) is 0 Å². The average molecular weight is 382 g/mol. The number of para-hydroxylation sites is 1. The molecule has 0 saturated heterocycles. The highest BCUT2D eigenvalue weighted by molar-refractivity contribution is 7.17. The standard InChI is InChI=1S/C21H22N2O3S/c1-2-26-21(25)19-15-8-4-6-10-17(15)27-20(19)23-18(24)11-13-12-22-16-9-5-3-7-14(13)16/h3,5,7,9,12,22H,2,4,6,8,10-11H2,1H3,(H,23,24). The Kier molecular flexibility index (Phi) is 4.99. The van der Waals surface area contributed by atoms with Crippen molar-refractivity contribution in [2.24, 2.45) is 0 Å². The first-order chi connectivity index (χ1) is 13.2. The van der Waals surface area contributed by atoms with E-state index in [1.807, 2.05) is 30.5 Å². The van der Waals surface area contributed by atoms with Crippen molar-refractivity contribution in [2.45, 2.75) is 39.0 Å². The first-order valence-electron chi connectivity index (χ1n) is 9.34. The molecule has 27 heavy (non-hydrogen) atoms. The van der Waals surface area contributed by atoms with Gasteiger partial charge in [-0.3, -0.25) is 4.79 Å². The van der Waals surface area contributed by atoms with Gasteiger partial charge in [0.25, 0.3) is 0 Å². The van der Waals surface area contributed by atoms with E-state index >= 15 is 0 Å². The molecule has 1 amide bonds. The molecule has 2 aromatic heterocycles. The first-order valence-corrected chi connectivity index (χ1v) is 10.2. The maximum atomic E-state index is 12.7. The summed E-state index contributed by atoms with van der Waals surface area (Å²) in [6.07, 6.45) is 6.16. The lowest BCUT2D eigenvalue weighted by atomic mass is 9.95. The van der Waals surface area contributed by atoms with Crippen LogP contribution in [0.4, 0.5) is 5.00 Å². The van der Waals surface area contributed by atoms with Crippen LogP contribution in [0.1, 0.15) is 46.1 Å². The molecule has 4 rings (SSSR count). The van der Waals surface area contributed by atoms with Crippen LogP contribution >= 0.6 is 11.3 Å². The van der Waals surface area contributed by atoms with Crippen LogP contribution < -0.4 is 5.32 Å². The zero-order valence-electron chi connectivity index (χ0n) is 15.3. The van der Waals surface area contributed by atoms with Gasteiger partial charge in [-0.25, -0.2) is 4.79 Å². The van der Waals surface area contributed by atoms with Crippen LogP contribution in [0.25, 0.3) is 10.9 Å². The van der Waals surface area contributed by atoms with E-state index < -0.39 is 0 Å². The van der Waals surface area contributed by atoms with E-state index in [2.05, 4.69) is 10.3 Å². The van der Waals surface area contributed by atoms with Gasteiger partial charge in [-0.15, -0.1) is 11.3 Å². The Balaban J connectivity index is 1.59. The lowest BCUT2D eigenvalue weighted by molar-refractivity contribution is -0.115. The van der Waals surface area contributed by atoms with Crippen molar-refractivity contribution in [3.63, 3.8) is 0 Å². The number of amides is 1. The topological polar surface area (TPSA) is 71.2 Å². The highest BCUT2D eigenvalue weighted by atomic mass is 32.1. The molecule has 0 atom stereocenters. The predicted octanol–water partition coefficient (Wildman–Crippen LogP) is 4.47. The Morgan fingerprint density at radius 1 is 1.22 bits per heavy atom.